The van der Waals surface area contributed by atoms with Gasteiger partial charge in [0.05, 0.1) is 39.2 Å². The first-order valence-corrected chi connectivity index (χ1v) is 13.9. The number of hydrogen-bond acceptors (Lipinski definition) is 7. The molecule has 0 saturated heterocycles. The summed E-state index contributed by atoms with van der Waals surface area (Å²) in [6.45, 7) is 1.44. The van der Waals surface area contributed by atoms with Gasteiger partial charge in [0.25, 0.3) is 0 Å². The van der Waals surface area contributed by atoms with Crippen molar-refractivity contribution in [2.24, 2.45) is 17.8 Å². The van der Waals surface area contributed by atoms with E-state index in [4.69, 9.17) is 17.3 Å². The third kappa shape index (κ3) is 5.13. The molecule has 0 radical (unpaired) electrons. The van der Waals surface area contributed by atoms with Crippen LogP contribution in [0.4, 0.5) is 19.0 Å². The number of H-pyrrole nitrogens is 1. The lowest BCUT2D eigenvalue weighted by Crippen LogP contribution is -2.38. The van der Waals surface area contributed by atoms with E-state index in [0.717, 1.165) is 37.3 Å². The second-order valence-corrected chi connectivity index (χ2v) is 11.6. The number of alkyl halides is 3. The van der Waals surface area contributed by atoms with E-state index >= 15 is 0 Å². The minimum absolute atomic E-state index is 0.0908. The van der Waals surface area contributed by atoms with Gasteiger partial charge in [0.1, 0.15) is 29.7 Å². The van der Waals surface area contributed by atoms with Gasteiger partial charge in [-0.05, 0) is 62.3 Å². The Balaban J connectivity index is 0.956. The molecule has 0 unspecified atom stereocenters. The van der Waals surface area contributed by atoms with Crippen LogP contribution in [-0.4, -0.2) is 60.0 Å². The standard InChI is InChI=1S/C27H31ClF3N7O2/c28-18-9-20-19(8-17(18)27(29,30)31)36-22(37-20)2-1-13-5-14(6-13)10-33-11-15-7-21(24(40)23(15)39)38-4-3-16-25(32)34-12-35-26(16)38/h3-4,8-9,12-15,21,23-24,33,39-40H,1-2,5-7,10-11H2,(H,36,37)(H2,32,34,35)/t13?,14?,15-,21-,23-,24+/m1/s1. The summed E-state index contributed by atoms with van der Waals surface area (Å²) < 4.78 is 41.2. The lowest BCUT2D eigenvalue weighted by Gasteiger charge is -2.36. The highest BCUT2D eigenvalue weighted by atomic mass is 35.5. The molecule has 2 aliphatic rings. The minimum Gasteiger partial charge on any atom is -0.390 e. The Morgan fingerprint density at radius 3 is 2.67 bits per heavy atom. The van der Waals surface area contributed by atoms with Crippen molar-refractivity contribution in [3.05, 3.63) is 47.1 Å². The van der Waals surface area contributed by atoms with Crippen LogP contribution in [0.1, 0.15) is 43.1 Å². The minimum atomic E-state index is -4.51. The summed E-state index contributed by atoms with van der Waals surface area (Å²) in [5.74, 6) is 2.03. The summed E-state index contributed by atoms with van der Waals surface area (Å²) in [5.41, 5.74) is 6.50. The molecule has 6 N–H and O–H groups in total. The number of nitrogens with one attached hydrogen (secondary N) is 2. The van der Waals surface area contributed by atoms with E-state index in [0.29, 0.717) is 59.5 Å². The Morgan fingerprint density at radius 1 is 1.10 bits per heavy atom. The Hall–Kier alpha value is -2.93. The number of nitrogens with two attached hydrogens (primary N) is 1. The van der Waals surface area contributed by atoms with E-state index in [2.05, 4.69) is 25.3 Å². The number of aryl methyl sites for hydroxylation is 1. The number of anilines is 1. The SMILES string of the molecule is Nc1ncnc2c1ccn2[C@@H]1C[C@H](CNCC2CC(CCc3nc4cc(Cl)c(C(F)(F)F)cc4[nH]3)C2)[C@@H](O)[C@H]1O. The molecule has 0 bridgehead atoms. The molecular formula is C27H31ClF3N7O2. The molecule has 0 aliphatic heterocycles. The van der Waals surface area contributed by atoms with Gasteiger partial charge < -0.3 is 30.8 Å². The summed E-state index contributed by atoms with van der Waals surface area (Å²) in [6.07, 6.45) is 1.29. The zero-order valence-electron chi connectivity index (χ0n) is 21.6. The molecule has 0 amide bonds. The second kappa shape index (κ2) is 10.5. The van der Waals surface area contributed by atoms with Crippen LogP contribution in [0.5, 0.6) is 0 Å². The van der Waals surface area contributed by atoms with Crippen LogP contribution >= 0.6 is 11.6 Å². The van der Waals surface area contributed by atoms with E-state index in [1.807, 2.05) is 16.8 Å². The average molecular weight is 578 g/mol. The zero-order valence-corrected chi connectivity index (χ0v) is 22.3. The monoisotopic (exact) mass is 577 g/mol. The molecule has 1 aromatic carbocycles. The van der Waals surface area contributed by atoms with Crippen LogP contribution < -0.4 is 11.1 Å². The number of nitrogens with zero attached hydrogens (tertiary/aromatic N) is 4. The molecule has 2 fully saturated rings. The number of nitrogen functional groups attached to an aromatic ring is 1. The zero-order chi connectivity index (χ0) is 28.2. The smallest absolute Gasteiger partial charge is 0.390 e. The molecule has 9 nitrogen and oxygen atoms in total. The fraction of sp³-hybridized carbons (Fsp3) is 0.519. The van der Waals surface area contributed by atoms with Crippen molar-refractivity contribution in [1.82, 2.24) is 29.8 Å². The molecule has 6 rings (SSSR count). The molecule has 4 aromatic rings. The number of aromatic nitrogens is 5. The van der Waals surface area contributed by atoms with Crippen molar-refractivity contribution in [3.63, 3.8) is 0 Å². The normalized spacial score (nSPS) is 27.1. The molecule has 40 heavy (non-hydrogen) atoms. The van der Waals surface area contributed by atoms with E-state index in [1.54, 1.807) is 0 Å². The number of fused-ring (bicyclic) bond motifs is 2. The quantitative estimate of drug-likeness (QED) is 0.213. The Bertz CT molecular complexity index is 1520. The van der Waals surface area contributed by atoms with Crippen molar-refractivity contribution in [1.29, 1.82) is 0 Å². The van der Waals surface area contributed by atoms with Crippen LogP contribution in [-0.2, 0) is 12.6 Å². The summed E-state index contributed by atoms with van der Waals surface area (Å²) >= 11 is 5.81. The molecule has 2 saturated carbocycles. The third-order valence-electron chi connectivity index (χ3n) is 8.56. The Labute approximate surface area is 233 Å². The van der Waals surface area contributed by atoms with Crippen LogP contribution in [0, 0.1) is 17.8 Å². The maximum absolute atomic E-state index is 13.1. The fourth-order valence-corrected chi connectivity index (χ4v) is 6.61. The van der Waals surface area contributed by atoms with Gasteiger partial charge in [0, 0.05) is 25.1 Å². The number of hydrogen-bond donors (Lipinski definition) is 5. The average Bonchev–Trinajstić information content (AvgIpc) is 3.55. The highest BCUT2D eigenvalue weighted by molar-refractivity contribution is 6.32. The van der Waals surface area contributed by atoms with Gasteiger partial charge >= 0.3 is 6.18 Å². The highest BCUT2D eigenvalue weighted by Gasteiger charge is 2.43. The number of halogens is 4. The van der Waals surface area contributed by atoms with E-state index < -0.39 is 23.9 Å². The Morgan fingerprint density at radius 2 is 1.90 bits per heavy atom. The molecule has 4 atom stereocenters. The number of aliphatic hydroxyl groups excluding tert-OH is 2. The number of aliphatic hydroxyl groups is 2. The summed E-state index contributed by atoms with van der Waals surface area (Å²) in [6, 6.07) is 3.82. The van der Waals surface area contributed by atoms with Crippen molar-refractivity contribution in [2.75, 3.05) is 18.8 Å². The summed E-state index contributed by atoms with van der Waals surface area (Å²) in [5, 5.41) is 25.3. The van der Waals surface area contributed by atoms with Crippen molar-refractivity contribution >= 4 is 39.5 Å². The van der Waals surface area contributed by atoms with Crippen molar-refractivity contribution < 1.29 is 23.4 Å². The first kappa shape index (κ1) is 27.3. The van der Waals surface area contributed by atoms with Gasteiger partial charge in [0.2, 0.25) is 0 Å². The topological polar surface area (TPSA) is 138 Å². The molecule has 214 valence electrons. The first-order chi connectivity index (χ1) is 19.1. The first-order valence-electron chi connectivity index (χ1n) is 13.5. The molecule has 3 heterocycles. The molecule has 0 spiro atoms. The van der Waals surface area contributed by atoms with Crippen LogP contribution in [0.25, 0.3) is 22.1 Å². The van der Waals surface area contributed by atoms with Crippen molar-refractivity contribution in [2.45, 2.75) is 56.5 Å². The van der Waals surface area contributed by atoms with Gasteiger partial charge in [-0.1, -0.05) is 11.6 Å². The molecular weight excluding hydrogens is 547 g/mol. The second-order valence-electron chi connectivity index (χ2n) is 11.2. The molecule has 2 aliphatic carbocycles. The van der Waals surface area contributed by atoms with Gasteiger partial charge in [-0.2, -0.15) is 13.2 Å². The molecule has 3 aromatic heterocycles. The highest BCUT2D eigenvalue weighted by Crippen LogP contribution is 2.40. The summed E-state index contributed by atoms with van der Waals surface area (Å²) in [7, 11) is 0. The van der Waals surface area contributed by atoms with Crippen LogP contribution in [0.2, 0.25) is 5.02 Å². The van der Waals surface area contributed by atoms with Gasteiger partial charge in [-0.25, -0.2) is 15.0 Å². The number of benzene rings is 1. The third-order valence-corrected chi connectivity index (χ3v) is 8.87. The maximum Gasteiger partial charge on any atom is 0.417 e. The van der Waals surface area contributed by atoms with Crippen LogP contribution in [0.3, 0.4) is 0 Å². The summed E-state index contributed by atoms with van der Waals surface area (Å²) in [4.78, 5) is 15.8. The maximum atomic E-state index is 13.1. The van der Waals surface area contributed by atoms with Gasteiger partial charge in [0.15, 0.2) is 0 Å². The van der Waals surface area contributed by atoms with E-state index in [-0.39, 0.29) is 17.0 Å². The molecule has 13 heteroatoms. The number of aromatic amines is 1. The van der Waals surface area contributed by atoms with Crippen molar-refractivity contribution in [3.8, 4) is 0 Å². The predicted molar refractivity (Wildman–Crippen MR) is 145 cm³/mol. The lowest BCUT2D eigenvalue weighted by atomic mass is 9.72. The fourth-order valence-electron chi connectivity index (χ4n) is 6.35. The number of rotatable bonds is 8. The van der Waals surface area contributed by atoms with E-state index in [1.165, 1.54) is 12.4 Å². The van der Waals surface area contributed by atoms with Gasteiger partial charge in [-0.15, -0.1) is 0 Å². The van der Waals surface area contributed by atoms with Crippen LogP contribution in [0.15, 0.2) is 30.7 Å². The van der Waals surface area contributed by atoms with Gasteiger partial charge in [-0.3, -0.25) is 0 Å². The Kier molecular flexibility index (Phi) is 7.14. The largest absolute Gasteiger partial charge is 0.417 e. The number of imidazole rings is 1. The predicted octanol–water partition coefficient (Wildman–Crippen LogP) is 4.09. The lowest BCUT2D eigenvalue weighted by molar-refractivity contribution is -0.137. The van der Waals surface area contributed by atoms with E-state index in [9.17, 15) is 23.4 Å².